The molecule has 0 aromatic rings. The molecule has 0 spiro atoms. The fraction of sp³-hybridized carbons (Fsp3) is 0.125. The molecular weight excluding hydrogens is 128 g/mol. The number of carbonyl (C=O) groups is 1. The van der Waals surface area contributed by atoms with Gasteiger partial charge in [-0.2, -0.15) is 0 Å². The van der Waals surface area contributed by atoms with Gasteiger partial charge in [0.05, 0.1) is 0 Å². The normalized spacial score (nSPS) is 7.70. The molecule has 2 nitrogen and oxygen atoms in total. The van der Waals surface area contributed by atoms with Crippen LogP contribution in [0, 0.1) is 0 Å². The standard InChI is InChI=1S/C5H6O2.C3H6/c1-2-3-4-5(6)7;1-3-2/h2-4H,1H2,(H,6,7);3H,1H2,2H3. The first-order chi connectivity index (χ1) is 4.68. The summed E-state index contributed by atoms with van der Waals surface area (Å²) in [6, 6.07) is 0. The maximum atomic E-state index is 9.62. The molecule has 0 atom stereocenters. The number of allylic oxidation sites excluding steroid dienone is 3. The quantitative estimate of drug-likeness (QED) is 0.362. The summed E-state index contributed by atoms with van der Waals surface area (Å²) in [7, 11) is 0. The van der Waals surface area contributed by atoms with Crippen LogP contribution in [0.2, 0.25) is 0 Å². The summed E-state index contributed by atoms with van der Waals surface area (Å²) in [4.78, 5) is 9.62. The molecule has 0 bridgehead atoms. The summed E-state index contributed by atoms with van der Waals surface area (Å²) in [6.07, 6.45) is 5.55. The lowest BCUT2D eigenvalue weighted by molar-refractivity contribution is -0.131. The molecule has 0 heterocycles. The summed E-state index contributed by atoms with van der Waals surface area (Å²) in [6.45, 7) is 8.53. The highest BCUT2D eigenvalue weighted by Crippen LogP contribution is 1.70. The number of carboxylic acid groups (broad SMARTS) is 1. The van der Waals surface area contributed by atoms with Crippen LogP contribution in [0.25, 0.3) is 0 Å². The maximum absolute atomic E-state index is 9.62. The van der Waals surface area contributed by atoms with E-state index >= 15 is 0 Å². The van der Waals surface area contributed by atoms with Gasteiger partial charge in [0.25, 0.3) is 0 Å². The summed E-state index contributed by atoms with van der Waals surface area (Å²) >= 11 is 0. The lowest BCUT2D eigenvalue weighted by Crippen LogP contribution is -1.83. The van der Waals surface area contributed by atoms with Crippen molar-refractivity contribution in [3.05, 3.63) is 37.5 Å². The third kappa shape index (κ3) is 29.9. The van der Waals surface area contributed by atoms with E-state index in [4.69, 9.17) is 5.11 Å². The van der Waals surface area contributed by atoms with Gasteiger partial charge >= 0.3 is 5.97 Å². The zero-order valence-corrected chi connectivity index (χ0v) is 6.08. The van der Waals surface area contributed by atoms with Crippen LogP contribution in [-0.4, -0.2) is 11.1 Å². The molecule has 0 amide bonds. The van der Waals surface area contributed by atoms with E-state index in [1.807, 2.05) is 6.92 Å². The van der Waals surface area contributed by atoms with E-state index in [0.29, 0.717) is 0 Å². The summed E-state index contributed by atoms with van der Waals surface area (Å²) < 4.78 is 0. The van der Waals surface area contributed by atoms with Crippen LogP contribution in [0.4, 0.5) is 0 Å². The first kappa shape index (κ1) is 11.5. The third-order valence-corrected chi connectivity index (χ3v) is 0.375. The number of rotatable bonds is 2. The van der Waals surface area contributed by atoms with Crippen molar-refractivity contribution in [3.63, 3.8) is 0 Å². The van der Waals surface area contributed by atoms with E-state index in [9.17, 15) is 4.79 Å². The second kappa shape index (κ2) is 10.6. The van der Waals surface area contributed by atoms with Crippen molar-refractivity contribution in [3.8, 4) is 0 Å². The average molecular weight is 140 g/mol. The van der Waals surface area contributed by atoms with Crippen LogP contribution in [-0.2, 0) is 4.79 Å². The van der Waals surface area contributed by atoms with E-state index in [2.05, 4.69) is 13.2 Å². The van der Waals surface area contributed by atoms with Gasteiger partial charge in [0, 0.05) is 6.08 Å². The van der Waals surface area contributed by atoms with Gasteiger partial charge in [-0.05, 0) is 6.92 Å². The van der Waals surface area contributed by atoms with Crippen LogP contribution in [0.1, 0.15) is 6.92 Å². The minimum Gasteiger partial charge on any atom is -0.478 e. The van der Waals surface area contributed by atoms with Crippen molar-refractivity contribution in [2.75, 3.05) is 0 Å². The van der Waals surface area contributed by atoms with Gasteiger partial charge in [-0.25, -0.2) is 4.79 Å². The molecule has 0 saturated carbocycles. The average Bonchev–Trinajstić information content (AvgIpc) is 1.85. The van der Waals surface area contributed by atoms with E-state index in [0.717, 1.165) is 6.08 Å². The Hall–Kier alpha value is -1.31. The van der Waals surface area contributed by atoms with E-state index in [1.165, 1.54) is 12.2 Å². The molecule has 1 N–H and O–H groups in total. The highest BCUT2D eigenvalue weighted by molar-refractivity contribution is 5.79. The Morgan fingerprint density at radius 2 is 1.90 bits per heavy atom. The van der Waals surface area contributed by atoms with Crippen LogP contribution in [0.3, 0.4) is 0 Å². The summed E-state index contributed by atoms with van der Waals surface area (Å²) in [5.41, 5.74) is 0. The van der Waals surface area contributed by atoms with Crippen molar-refractivity contribution in [2.45, 2.75) is 6.92 Å². The first-order valence-corrected chi connectivity index (χ1v) is 2.78. The smallest absolute Gasteiger partial charge is 0.328 e. The van der Waals surface area contributed by atoms with Crippen molar-refractivity contribution < 1.29 is 9.90 Å². The Kier molecular flexibility index (Phi) is 12.2. The monoisotopic (exact) mass is 140 g/mol. The SMILES string of the molecule is C=CC.C=CC=CC(=O)O. The summed E-state index contributed by atoms with van der Waals surface area (Å²) in [5.74, 6) is -0.945. The van der Waals surface area contributed by atoms with Crippen molar-refractivity contribution in [1.29, 1.82) is 0 Å². The Balaban J connectivity index is 0. The molecule has 0 aliphatic carbocycles. The fourth-order valence-corrected chi connectivity index (χ4v) is 0.150. The molecule has 0 fully saturated rings. The molecule has 0 aliphatic heterocycles. The topological polar surface area (TPSA) is 37.3 Å². The number of hydrogen-bond donors (Lipinski definition) is 1. The minimum absolute atomic E-state index is 0.945. The summed E-state index contributed by atoms with van der Waals surface area (Å²) in [5, 5.41) is 7.91. The van der Waals surface area contributed by atoms with Gasteiger partial charge in [-0.1, -0.05) is 24.8 Å². The predicted molar refractivity (Wildman–Crippen MR) is 42.8 cm³/mol. The molecule has 0 aromatic heterocycles. The Labute approximate surface area is 61.2 Å². The number of hydrogen-bond acceptors (Lipinski definition) is 1. The largest absolute Gasteiger partial charge is 0.478 e. The van der Waals surface area contributed by atoms with Crippen molar-refractivity contribution in [2.24, 2.45) is 0 Å². The third-order valence-electron chi connectivity index (χ3n) is 0.375. The molecule has 0 aromatic carbocycles. The molecule has 10 heavy (non-hydrogen) atoms. The van der Waals surface area contributed by atoms with Crippen molar-refractivity contribution in [1.82, 2.24) is 0 Å². The Bertz CT molecular complexity index is 134. The van der Waals surface area contributed by atoms with E-state index < -0.39 is 5.97 Å². The molecule has 0 aliphatic rings. The highest BCUT2D eigenvalue weighted by Gasteiger charge is 1.77. The molecule has 0 unspecified atom stereocenters. The predicted octanol–water partition coefficient (Wildman–Crippen LogP) is 2.01. The van der Waals surface area contributed by atoms with Gasteiger partial charge in [-0.15, -0.1) is 6.58 Å². The highest BCUT2D eigenvalue weighted by atomic mass is 16.4. The van der Waals surface area contributed by atoms with Crippen LogP contribution >= 0.6 is 0 Å². The molecular formula is C8H12O2. The number of aliphatic carboxylic acids is 1. The lowest BCUT2D eigenvalue weighted by atomic mass is 10.5. The molecule has 0 radical (unpaired) electrons. The Morgan fingerprint density at radius 3 is 2.00 bits per heavy atom. The zero-order chi connectivity index (χ0) is 8.41. The van der Waals surface area contributed by atoms with Crippen LogP contribution in [0.15, 0.2) is 37.5 Å². The lowest BCUT2D eigenvalue weighted by Gasteiger charge is -1.70. The molecule has 56 valence electrons. The van der Waals surface area contributed by atoms with Gasteiger partial charge < -0.3 is 5.11 Å². The van der Waals surface area contributed by atoms with Crippen LogP contribution < -0.4 is 0 Å². The van der Waals surface area contributed by atoms with E-state index in [-0.39, 0.29) is 0 Å². The molecule has 0 rings (SSSR count). The Morgan fingerprint density at radius 1 is 1.50 bits per heavy atom. The zero-order valence-electron chi connectivity index (χ0n) is 6.08. The van der Waals surface area contributed by atoms with Gasteiger partial charge in [0.2, 0.25) is 0 Å². The second-order valence-corrected chi connectivity index (χ2v) is 1.34. The molecule has 2 heteroatoms. The minimum atomic E-state index is -0.945. The van der Waals surface area contributed by atoms with Gasteiger partial charge in [0.15, 0.2) is 0 Å². The maximum Gasteiger partial charge on any atom is 0.328 e. The first-order valence-electron chi connectivity index (χ1n) is 2.78. The van der Waals surface area contributed by atoms with Crippen LogP contribution in [0.5, 0.6) is 0 Å². The molecule has 0 saturated heterocycles. The van der Waals surface area contributed by atoms with Gasteiger partial charge in [0.1, 0.15) is 0 Å². The van der Waals surface area contributed by atoms with Gasteiger partial charge in [-0.3, -0.25) is 0 Å². The number of carboxylic acids is 1. The van der Waals surface area contributed by atoms with E-state index in [1.54, 1.807) is 6.08 Å². The second-order valence-electron chi connectivity index (χ2n) is 1.34. The fourth-order valence-electron chi connectivity index (χ4n) is 0.150. The van der Waals surface area contributed by atoms with Crippen molar-refractivity contribution >= 4 is 5.97 Å².